The molecule has 6 nitrogen and oxygen atoms in total. The molecule has 2 fully saturated rings. The molecule has 1 aromatic rings. The molecule has 26 heavy (non-hydrogen) atoms. The van der Waals surface area contributed by atoms with Crippen LogP contribution < -0.4 is 4.90 Å². The number of halogens is 1. The van der Waals surface area contributed by atoms with Crippen LogP contribution in [0.1, 0.15) is 26.7 Å². The van der Waals surface area contributed by atoms with Gasteiger partial charge in [-0.2, -0.15) is 0 Å². The van der Waals surface area contributed by atoms with Gasteiger partial charge in [0.25, 0.3) is 0 Å². The van der Waals surface area contributed by atoms with Crippen LogP contribution in [-0.4, -0.2) is 53.8 Å². The van der Waals surface area contributed by atoms with Gasteiger partial charge in [0, 0.05) is 23.2 Å². The molecule has 2 aliphatic rings. The lowest BCUT2D eigenvalue weighted by Crippen LogP contribution is -2.44. The van der Waals surface area contributed by atoms with Gasteiger partial charge in [-0.25, -0.2) is 0 Å². The van der Waals surface area contributed by atoms with Crippen LogP contribution in [0.4, 0.5) is 5.69 Å². The highest BCUT2D eigenvalue weighted by atomic mass is 35.5. The second-order valence-corrected chi connectivity index (χ2v) is 7.86. The molecule has 1 aliphatic carbocycles. The number of anilines is 1. The molecule has 1 saturated heterocycles. The SMILES string of the molecule is CC(C)CN(CC(=O)N1CC(=O)N(c2cccc(Cl)c2)C1)C(=O)C1CC1. The molecule has 3 amide bonds. The van der Waals surface area contributed by atoms with E-state index in [-0.39, 0.29) is 49.3 Å². The predicted molar refractivity (Wildman–Crippen MR) is 99.7 cm³/mol. The fourth-order valence-corrected chi connectivity index (χ4v) is 3.29. The number of carbonyl (C=O) groups is 3. The quantitative estimate of drug-likeness (QED) is 0.764. The van der Waals surface area contributed by atoms with E-state index in [1.165, 1.54) is 4.90 Å². The van der Waals surface area contributed by atoms with Gasteiger partial charge in [-0.3, -0.25) is 19.3 Å². The molecular formula is C19H24ClN3O3. The number of rotatable bonds is 6. The zero-order chi connectivity index (χ0) is 18.8. The average molecular weight is 378 g/mol. The molecule has 0 bridgehead atoms. The van der Waals surface area contributed by atoms with Crippen molar-refractivity contribution in [1.29, 1.82) is 0 Å². The van der Waals surface area contributed by atoms with Gasteiger partial charge in [0.05, 0.1) is 6.54 Å². The minimum atomic E-state index is -0.197. The topological polar surface area (TPSA) is 60.9 Å². The van der Waals surface area contributed by atoms with Gasteiger partial charge in [0.2, 0.25) is 17.7 Å². The minimum absolute atomic E-state index is 0.0263. The largest absolute Gasteiger partial charge is 0.333 e. The standard InChI is InChI=1S/C19H24ClN3O3/c1-13(2)9-21(19(26)14-6-7-14)10-17(24)22-11-18(25)23(12-22)16-5-3-4-15(20)8-16/h3-5,8,13-14H,6-7,9-12H2,1-2H3. The first kappa shape index (κ1) is 18.7. The Bertz CT molecular complexity index is 718. The Morgan fingerprint density at radius 3 is 2.65 bits per heavy atom. The van der Waals surface area contributed by atoms with Crippen LogP contribution in [0.15, 0.2) is 24.3 Å². The van der Waals surface area contributed by atoms with Crippen LogP contribution >= 0.6 is 11.6 Å². The van der Waals surface area contributed by atoms with Gasteiger partial charge < -0.3 is 9.80 Å². The average Bonchev–Trinajstić information content (AvgIpc) is 3.35. The van der Waals surface area contributed by atoms with Crippen LogP contribution in [0, 0.1) is 11.8 Å². The Labute approximate surface area is 158 Å². The van der Waals surface area contributed by atoms with Crippen molar-refractivity contribution in [2.75, 3.05) is 31.2 Å². The third kappa shape index (κ3) is 4.36. The van der Waals surface area contributed by atoms with Crippen LogP contribution in [-0.2, 0) is 14.4 Å². The maximum Gasteiger partial charge on any atom is 0.248 e. The molecule has 140 valence electrons. The molecule has 0 spiro atoms. The Balaban J connectivity index is 1.65. The van der Waals surface area contributed by atoms with Crippen molar-refractivity contribution < 1.29 is 14.4 Å². The summed E-state index contributed by atoms with van der Waals surface area (Å²) in [5.74, 6) is 0.0738. The second kappa shape index (κ2) is 7.66. The Kier molecular flexibility index (Phi) is 5.51. The normalized spacial score (nSPS) is 17.2. The summed E-state index contributed by atoms with van der Waals surface area (Å²) in [4.78, 5) is 42.2. The van der Waals surface area contributed by atoms with Gasteiger partial charge in [-0.15, -0.1) is 0 Å². The summed E-state index contributed by atoms with van der Waals surface area (Å²) in [5, 5.41) is 0.540. The minimum Gasteiger partial charge on any atom is -0.333 e. The molecule has 0 N–H and O–H groups in total. The van der Waals surface area contributed by atoms with Gasteiger partial charge in [-0.1, -0.05) is 31.5 Å². The first-order valence-corrected chi connectivity index (χ1v) is 9.35. The zero-order valence-corrected chi connectivity index (χ0v) is 15.9. The highest BCUT2D eigenvalue weighted by molar-refractivity contribution is 6.31. The van der Waals surface area contributed by atoms with Crippen molar-refractivity contribution in [3.8, 4) is 0 Å². The molecule has 0 radical (unpaired) electrons. The van der Waals surface area contributed by atoms with Crippen LogP contribution in [0.2, 0.25) is 5.02 Å². The number of nitrogens with zero attached hydrogens (tertiary/aromatic N) is 3. The summed E-state index contributed by atoms with van der Waals surface area (Å²) < 4.78 is 0. The van der Waals surface area contributed by atoms with E-state index in [4.69, 9.17) is 11.6 Å². The Morgan fingerprint density at radius 2 is 2.04 bits per heavy atom. The number of carbonyl (C=O) groups excluding carboxylic acids is 3. The van der Waals surface area contributed by atoms with Crippen molar-refractivity contribution in [3.63, 3.8) is 0 Å². The summed E-state index contributed by atoms with van der Waals surface area (Å²) >= 11 is 5.99. The van der Waals surface area contributed by atoms with Crippen molar-refractivity contribution in [1.82, 2.24) is 9.80 Å². The highest BCUT2D eigenvalue weighted by Crippen LogP contribution is 2.31. The van der Waals surface area contributed by atoms with E-state index in [1.54, 1.807) is 34.1 Å². The van der Waals surface area contributed by atoms with Crippen molar-refractivity contribution in [3.05, 3.63) is 29.3 Å². The molecule has 1 aliphatic heterocycles. The summed E-state index contributed by atoms with van der Waals surface area (Å²) in [6, 6.07) is 7.00. The fourth-order valence-electron chi connectivity index (χ4n) is 3.11. The maximum atomic E-state index is 12.7. The van der Waals surface area contributed by atoms with Crippen LogP contribution in [0.5, 0.6) is 0 Å². The van der Waals surface area contributed by atoms with Gasteiger partial charge >= 0.3 is 0 Å². The van der Waals surface area contributed by atoms with E-state index < -0.39 is 0 Å². The number of amides is 3. The Morgan fingerprint density at radius 1 is 1.31 bits per heavy atom. The van der Waals surface area contributed by atoms with E-state index in [0.29, 0.717) is 17.3 Å². The maximum absolute atomic E-state index is 12.7. The summed E-state index contributed by atoms with van der Waals surface area (Å²) in [6.07, 6.45) is 1.82. The van der Waals surface area contributed by atoms with Gasteiger partial charge in [0.15, 0.2) is 0 Å². The highest BCUT2D eigenvalue weighted by Gasteiger charge is 2.37. The van der Waals surface area contributed by atoms with Gasteiger partial charge in [0.1, 0.15) is 13.2 Å². The number of benzene rings is 1. The lowest BCUT2D eigenvalue weighted by Gasteiger charge is -2.26. The van der Waals surface area contributed by atoms with Crippen molar-refractivity contribution >= 4 is 35.0 Å². The lowest BCUT2D eigenvalue weighted by molar-refractivity contribution is -0.141. The first-order valence-electron chi connectivity index (χ1n) is 8.97. The summed E-state index contributed by atoms with van der Waals surface area (Å²) in [5.41, 5.74) is 0.672. The molecular weight excluding hydrogens is 354 g/mol. The number of hydrogen-bond donors (Lipinski definition) is 0. The second-order valence-electron chi connectivity index (χ2n) is 7.42. The van der Waals surface area contributed by atoms with Crippen LogP contribution in [0.3, 0.4) is 0 Å². The molecule has 1 saturated carbocycles. The predicted octanol–water partition coefficient (Wildman–Crippen LogP) is 2.37. The summed E-state index contributed by atoms with van der Waals surface area (Å²) in [7, 11) is 0. The number of hydrogen-bond acceptors (Lipinski definition) is 3. The molecule has 1 heterocycles. The first-order chi connectivity index (χ1) is 12.3. The van der Waals surface area contributed by atoms with Crippen molar-refractivity contribution in [2.45, 2.75) is 26.7 Å². The lowest BCUT2D eigenvalue weighted by atomic mass is 10.2. The Hall–Kier alpha value is -2.08. The van der Waals surface area contributed by atoms with E-state index in [9.17, 15) is 14.4 Å². The van der Waals surface area contributed by atoms with E-state index in [2.05, 4.69) is 0 Å². The summed E-state index contributed by atoms with van der Waals surface area (Å²) in [6.45, 7) is 4.85. The molecule has 0 aromatic heterocycles. The molecule has 0 atom stereocenters. The molecule has 1 aromatic carbocycles. The van der Waals surface area contributed by atoms with Crippen LogP contribution in [0.25, 0.3) is 0 Å². The monoisotopic (exact) mass is 377 g/mol. The smallest absolute Gasteiger partial charge is 0.248 e. The van der Waals surface area contributed by atoms with E-state index in [0.717, 1.165) is 12.8 Å². The van der Waals surface area contributed by atoms with Gasteiger partial charge in [-0.05, 0) is 37.0 Å². The third-order valence-corrected chi connectivity index (χ3v) is 4.80. The zero-order valence-electron chi connectivity index (χ0n) is 15.2. The molecule has 3 rings (SSSR count). The van der Waals surface area contributed by atoms with Crippen molar-refractivity contribution in [2.24, 2.45) is 11.8 Å². The molecule has 0 unspecified atom stereocenters. The third-order valence-electron chi connectivity index (χ3n) is 4.56. The van der Waals surface area contributed by atoms with E-state index >= 15 is 0 Å². The fraction of sp³-hybridized carbons (Fsp3) is 0.526. The molecule has 7 heteroatoms. The van der Waals surface area contributed by atoms with E-state index in [1.807, 2.05) is 13.8 Å².